The van der Waals surface area contributed by atoms with Crippen molar-refractivity contribution in [3.8, 4) is 23.1 Å². The predicted octanol–water partition coefficient (Wildman–Crippen LogP) is 8.77. The van der Waals surface area contributed by atoms with Crippen LogP contribution in [0.1, 0.15) is 45.1 Å². The first-order valence-corrected chi connectivity index (χ1v) is 17.7. The van der Waals surface area contributed by atoms with E-state index in [1.54, 1.807) is 62.4 Å². The lowest BCUT2D eigenvalue weighted by atomic mass is 9.97. The van der Waals surface area contributed by atoms with Crippen LogP contribution in [0.5, 0.6) is 23.1 Å². The second kappa shape index (κ2) is 21.2. The molecule has 0 aliphatic carbocycles. The Balaban J connectivity index is 0.000000294. The van der Waals surface area contributed by atoms with E-state index < -0.39 is 5.78 Å². The zero-order chi connectivity index (χ0) is 39.9. The van der Waals surface area contributed by atoms with E-state index in [4.69, 9.17) is 63.4 Å². The average Bonchev–Trinajstić information content (AvgIpc) is 3.17. The Morgan fingerprint density at radius 3 is 2.15 bits per heavy atom. The van der Waals surface area contributed by atoms with Crippen LogP contribution in [0.15, 0.2) is 75.6 Å². The molecule has 12 nitrogen and oxygen atoms in total. The summed E-state index contributed by atoms with van der Waals surface area (Å²) < 4.78 is 21.8. The lowest BCUT2D eigenvalue weighted by molar-refractivity contribution is -0.114. The molecule has 4 rings (SSSR count). The maximum Gasteiger partial charge on any atom is 0.273 e. The molecule has 0 aliphatic rings. The third-order valence-corrected chi connectivity index (χ3v) is 9.31. The highest BCUT2D eigenvalue weighted by Gasteiger charge is 2.29. The van der Waals surface area contributed by atoms with Crippen molar-refractivity contribution in [1.82, 2.24) is 10.3 Å². The van der Waals surface area contributed by atoms with E-state index in [1.165, 1.54) is 48.8 Å². The number of halogens is 4. The van der Waals surface area contributed by atoms with Crippen molar-refractivity contribution in [2.75, 3.05) is 42.6 Å². The molecule has 3 aromatic carbocycles. The molecule has 1 aromatic heterocycles. The fraction of sp³-hybridized carbons (Fsp3) is 0.237. The molecule has 0 saturated heterocycles. The van der Waals surface area contributed by atoms with Crippen molar-refractivity contribution in [3.05, 3.63) is 114 Å². The van der Waals surface area contributed by atoms with Crippen LogP contribution in [0.25, 0.3) is 6.08 Å². The molecule has 0 atom stereocenters. The van der Waals surface area contributed by atoms with Gasteiger partial charge in [0.15, 0.2) is 17.2 Å². The molecular formula is C38H38BrCl3N4O8. The Labute approximate surface area is 337 Å². The van der Waals surface area contributed by atoms with Crippen LogP contribution in [0.2, 0.25) is 15.1 Å². The number of oxime groups is 2. The van der Waals surface area contributed by atoms with Crippen molar-refractivity contribution in [1.29, 1.82) is 0 Å². The summed E-state index contributed by atoms with van der Waals surface area (Å²) in [5.74, 6) is 0.386. The lowest BCUT2D eigenvalue weighted by Crippen LogP contribution is -2.29. The predicted molar refractivity (Wildman–Crippen MR) is 215 cm³/mol. The molecule has 0 aliphatic heterocycles. The molecule has 16 heteroatoms. The third kappa shape index (κ3) is 10.7. The first-order chi connectivity index (χ1) is 25.9. The number of hydrogen-bond donors (Lipinski definition) is 1. The number of allylic oxidation sites excluding steroid dienone is 1. The molecule has 1 N–H and O–H groups in total. The topological polar surface area (TPSA) is 139 Å². The molecule has 54 heavy (non-hydrogen) atoms. The minimum Gasteiger partial charge on any atom is -0.493 e. The number of hydrogen-bond acceptors (Lipinski definition) is 11. The number of ether oxygens (including phenoxy) is 4. The van der Waals surface area contributed by atoms with Gasteiger partial charge in [-0.15, -0.1) is 0 Å². The van der Waals surface area contributed by atoms with Gasteiger partial charge in [-0.1, -0.05) is 81.5 Å². The fourth-order valence-electron chi connectivity index (χ4n) is 4.89. The highest BCUT2D eigenvalue weighted by molar-refractivity contribution is 9.10. The molecule has 1 heterocycles. The number of nitrogens with one attached hydrogen (secondary N) is 1. The standard InChI is InChI=1S/C21H21Cl2N3O3.C17H17BrClNO5/c1-14(11-12-17-18(22)9-6-10-19(17)23)25-29-13-15-7-4-5-8-16(15)20(26-28-3)21(27)24-2;1-8-6-10(22-2)15(23-3)16(24-4)11(8)14(21)12-13(19)9(18)7-20-17(12)25-5/h4-12H,13H2,1-3H3,(H,24,27);6-7H,1-5H3/b12-11+,25-14+,26-20-;. The van der Waals surface area contributed by atoms with Crippen LogP contribution >= 0.6 is 50.7 Å². The number of aryl methyl sites for hydroxylation is 1. The summed E-state index contributed by atoms with van der Waals surface area (Å²) in [6, 6.07) is 14.2. The zero-order valence-corrected chi connectivity index (χ0v) is 34.5. The van der Waals surface area contributed by atoms with Gasteiger partial charge in [0.25, 0.3) is 5.91 Å². The summed E-state index contributed by atoms with van der Waals surface area (Å²) in [7, 11) is 8.76. The number of benzene rings is 3. The van der Waals surface area contributed by atoms with E-state index in [2.05, 4.69) is 36.5 Å². The molecule has 0 spiro atoms. The van der Waals surface area contributed by atoms with E-state index in [0.717, 1.165) is 5.56 Å². The normalized spacial score (nSPS) is 11.3. The molecule has 0 radical (unpaired) electrons. The molecule has 0 unspecified atom stereocenters. The van der Waals surface area contributed by atoms with E-state index in [0.29, 0.717) is 54.0 Å². The van der Waals surface area contributed by atoms with E-state index in [-0.39, 0.29) is 40.4 Å². The van der Waals surface area contributed by atoms with E-state index in [1.807, 2.05) is 12.1 Å². The average molecular weight is 865 g/mol. The number of methoxy groups -OCH3 is 4. The number of likely N-dealkylation sites (N-methyl/N-ethyl adjacent to an activating group) is 1. The second-order valence-electron chi connectivity index (χ2n) is 10.8. The second-order valence-corrected chi connectivity index (χ2v) is 12.9. The van der Waals surface area contributed by atoms with Crippen LogP contribution in [0.4, 0.5) is 0 Å². The van der Waals surface area contributed by atoms with Crippen LogP contribution in [-0.4, -0.2) is 70.7 Å². The Hall–Kier alpha value is -4.82. The highest BCUT2D eigenvalue weighted by Crippen LogP contribution is 2.44. The summed E-state index contributed by atoms with van der Waals surface area (Å²) in [5, 5.41) is 11.8. The van der Waals surface area contributed by atoms with Crippen LogP contribution in [0, 0.1) is 6.92 Å². The maximum absolute atomic E-state index is 13.3. The number of pyridine rings is 1. The number of rotatable bonds is 14. The maximum atomic E-state index is 13.3. The van der Waals surface area contributed by atoms with Gasteiger partial charge in [-0.05, 0) is 59.6 Å². The van der Waals surface area contributed by atoms with Crippen molar-refractivity contribution in [3.63, 3.8) is 0 Å². The molecule has 286 valence electrons. The largest absolute Gasteiger partial charge is 0.493 e. The summed E-state index contributed by atoms with van der Waals surface area (Å²) in [6.45, 7) is 3.70. The number of carbonyl (C=O) groups is 2. The monoisotopic (exact) mass is 862 g/mol. The Bertz CT molecular complexity index is 2050. The van der Waals surface area contributed by atoms with Crippen molar-refractivity contribution in [2.24, 2.45) is 10.3 Å². The first-order valence-electron chi connectivity index (χ1n) is 15.8. The van der Waals surface area contributed by atoms with Crippen molar-refractivity contribution < 1.29 is 38.2 Å². The van der Waals surface area contributed by atoms with Crippen molar-refractivity contribution in [2.45, 2.75) is 20.5 Å². The van der Waals surface area contributed by atoms with Crippen molar-refractivity contribution >= 4 is 79.9 Å². The first kappa shape index (κ1) is 43.6. The third-order valence-electron chi connectivity index (χ3n) is 7.43. The van der Waals surface area contributed by atoms with Gasteiger partial charge in [0, 0.05) is 40.0 Å². The zero-order valence-electron chi connectivity index (χ0n) is 30.7. The highest BCUT2D eigenvalue weighted by atomic mass is 79.9. The lowest BCUT2D eigenvalue weighted by Gasteiger charge is -2.18. The quantitative estimate of drug-likeness (QED) is 0.0749. The van der Waals surface area contributed by atoms with Gasteiger partial charge in [0.05, 0.1) is 49.2 Å². The molecule has 4 aromatic rings. The van der Waals surface area contributed by atoms with Crippen LogP contribution in [-0.2, 0) is 21.1 Å². The van der Waals surface area contributed by atoms with E-state index >= 15 is 0 Å². The molecule has 0 fully saturated rings. The van der Waals surface area contributed by atoms with E-state index in [9.17, 15) is 9.59 Å². The minimum absolute atomic E-state index is 0.120. The van der Waals surface area contributed by atoms with Gasteiger partial charge in [-0.25, -0.2) is 4.98 Å². The molecule has 0 saturated carbocycles. The van der Waals surface area contributed by atoms with Gasteiger partial charge < -0.3 is 33.9 Å². The summed E-state index contributed by atoms with van der Waals surface area (Å²) in [5.41, 5.74) is 3.88. The molecule has 0 bridgehead atoms. The van der Waals surface area contributed by atoms with Gasteiger partial charge >= 0.3 is 0 Å². The number of aromatic nitrogens is 1. The Morgan fingerprint density at radius 2 is 1.56 bits per heavy atom. The SMILES string of the molecule is CNC(=O)/C(=N\OC)c1ccccc1CO/N=C(C)/C=C/c1c(Cl)cccc1Cl.COc1cc(C)c(C(=O)c2c(OC)ncc(Br)c2Cl)c(OC)c1OC. The number of nitrogens with zero attached hydrogens (tertiary/aromatic N) is 3. The Morgan fingerprint density at radius 1 is 0.889 bits per heavy atom. The summed E-state index contributed by atoms with van der Waals surface area (Å²) >= 11 is 21.9. The van der Waals surface area contributed by atoms with Gasteiger partial charge in [-0.3, -0.25) is 9.59 Å². The smallest absolute Gasteiger partial charge is 0.273 e. The summed E-state index contributed by atoms with van der Waals surface area (Å²) in [4.78, 5) is 39.7. The van der Waals surface area contributed by atoms with Crippen LogP contribution < -0.4 is 24.3 Å². The fourth-order valence-corrected chi connectivity index (χ4v) is 5.93. The van der Waals surface area contributed by atoms with Gasteiger partial charge in [0.2, 0.25) is 17.4 Å². The van der Waals surface area contributed by atoms with Gasteiger partial charge in [-0.2, -0.15) is 0 Å². The Kier molecular flexibility index (Phi) is 17.1. The van der Waals surface area contributed by atoms with Gasteiger partial charge in [0.1, 0.15) is 19.3 Å². The van der Waals surface area contributed by atoms with Crippen LogP contribution in [0.3, 0.4) is 0 Å². The summed E-state index contributed by atoms with van der Waals surface area (Å²) in [6.07, 6.45) is 4.99. The number of amides is 1. The molecule has 1 amide bonds. The minimum atomic E-state index is -0.397. The number of ketones is 1. The molecular weight excluding hydrogens is 827 g/mol. The number of carbonyl (C=O) groups excluding carboxylic acids is 2.